The molecule has 1 heterocycles. The van der Waals surface area contributed by atoms with Gasteiger partial charge in [0.2, 0.25) is 0 Å². The van der Waals surface area contributed by atoms with Crippen LogP contribution in [0.25, 0.3) is 5.57 Å². The Balaban J connectivity index is 1.84. The number of carbonyl (C=O) groups excluding carboxylic acids is 2. The lowest BCUT2D eigenvalue weighted by molar-refractivity contribution is -0.120. The van der Waals surface area contributed by atoms with E-state index >= 15 is 0 Å². The van der Waals surface area contributed by atoms with Gasteiger partial charge in [-0.05, 0) is 66.9 Å². The fourth-order valence-electron chi connectivity index (χ4n) is 3.74. The summed E-state index contributed by atoms with van der Waals surface area (Å²) < 4.78 is 33.1. The van der Waals surface area contributed by atoms with Crippen molar-refractivity contribution in [3.8, 4) is 5.75 Å². The van der Waals surface area contributed by atoms with Gasteiger partial charge >= 0.3 is 0 Å². The van der Waals surface area contributed by atoms with Crippen LogP contribution in [0.3, 0.4) is 0 Å². The van der Waals surface area contributed by atoms with Crippen LogP contribution in [0.1, 0.15) is 16.7 Å². The van der Waals surface area contributed by atoms with Crippen LogP contribution in [-0.2, 0) is 9.59 Å². The maximum atomic E-state index is 14.5. The van der Waals surface area contributed by atoms with E-state index in [0.717, 1.165) is 28.2 Å². The fraction of sp³-hybridized carbons (Fsp3) is 0.120. The maximum Gasteiger partial charge on any atom is 0.282 e. The third-order valence-corrected chi connectivity index (χ3v) is 5.10. The van der Waals surface area contributed by atoms with Gasteiger partial charge in [0.05, 0.1) is 18.4 Å². The van der Waals surface area contributed by atoms with E-state index in [4.69, 9.17) is 4.74 Å². The summed E-state index contributed by atoms with van der Waals surface area (Å²) in [6.07, 6.45) is 0. The average Bonchev–Trinajstić information content (AvgIpc) is 2.97. The predicted octanol–water partition coefficient (Wildman–Crippen LogP) is 4.99. The number of nitrogens with zero attached hydrogens (tertiary/aromatic N) is 1. The van der Waals surface area contributed by atoms with Crippen molar-refractivity contribution in [2.75, 3.05) is 17.3 Å². The third-order valence-electron chi connectivity index (χ3n) is 5.10. The first-order valence-corrected chi connectivity index (χ1v) is 9.86. The summed E-state index contributed by atoms with van der Waals surface area (Å²) in [5, 5.41) is 3.05. The summed E-state index contributed by atoms with van der Waals surface area (Å²) in [5.74, 6) is -2.67. The molecular formula is C25H20F2N2O3. The Morgan fingerprint density at radius 2 is 1.50 bits per heavy atom. The summed E-state index contributed by atoms with van der Waals surface area (Å²) in [6.45, 7) is 3.83. The van der Waals surface area contributed by atoms with E-state index in [1.165, 1.54) is 7.11 Å². The zero-order valence-corrected chi connectivity index (χ0v) is 17.7. The number of carbonyl (C=O) groups is 2. The highest BCUT2D eigenvalue weighted by atomic mass is 19.1. The van der Waals surface area contributed by atoms with Crippen LogP contribution >= 0.6 is 0 Å². The largest absolute Gasteiger partial charge is 0.497 e. The quantitative estimate of drug-likeness (QED) is 0.575. The standard InChI is InChI=1S/C25H20F2N2O3/c1-14-10-15(2)12-18(11-14)28-23-22(16-4-7-19(32-3)8-5-16)24(30)29(25(23)31)21-9-6-17(26)13-20(21)27/h4-13,28H,1-3H3. The number of ether oxygens (including phenoxy) is 1. The minimum absolute atomic E-state index is 0.00823. The molecule has 3 aromatic rings. The topological polar surface area (TPSA) is 58.6 Å². The average molecular weight is 434 g/mol. The fourth-order valence-corrected chi connectivity index (χ4v) is 3.74. The third kappa shape index (κ3) is 3.85. The molecule has 4 rings (SSSR count). The molecule has 0 bridgehead atoms. The molecule has 0 aromatic heterocycles. The maximum absolute atomic E-state index is 14.5. The number of benzene rings is 3. The number of imide groups is 1. The monoisotopic (exact) mass is 434 g/mol. The van der Waals surface area contributed by atoms with Crippen molar-refractivity contribution in [2.45, 2.75) is 13.8 Å². The lowest BCUT2D eigenvalue weighted by atomic mass is 10.0. The number of hydrogen-bond donors (Lipinski definition) is 1. The Morgan fingerprint density at radius 1 is 0.844 bits per heavy atom. The van der Waals surface area contributed by atoms with Crippen LogP contribution in [0.2, 0.25) is 0 Å². The van der Waals surface area contributed by atoms with Crippen molar-refractivity contribution in [3.63, 3.8) is 0 Å². The number of halogens is 2. The van der Waals surface area contributed by atoms with E-state index in [-0.39, 0.29) is 17.0 Å². The molecule has 0 spiro atoms. The van der Waals surface area contributed by atoms with Crippen molar-refractivity contribution < 1.29 is 23.1 Å². The number of hydrogen-bond acceptors (Lipinski definition) is 4. The number of rotatable bonds is 5. The minimum atomic E-state index is -1.01. The van der Waals surface area contributed by atoms with Gasteiger partial charge in [-0.1, -0.05) is 18.2 Å². The van der Waals surface area contributed by atoms with Crippen molar-refractivity contribution in [2.24, 2.45) is 0 Å². The molecule has 5 nitrogen and oxygen atoms in total. The van der Waals surface area contributed by atoms with Gasteiger partial charge in [0.1, 0.15) is 23.1 Å². The molecule has 0 fully saturated rings. The zero-order chi connectivity index (χ0) is 23.0. The molecule has 1 aliphatic heterocycles. The highest BCUT2D eigenvalue weighted by molar-refractivity contribution is 6.46. The molecule has 2 amide bonds. The van der Waals surface area contributed by atoms with E-state index in [2.05, 4.69) is 5.32 Å². The number of amides is 2. The first-order valence-electron chi connectivity index (χ1n) is 9.86. The summed E-state index contributed by atoms with van der Waals surface area (Å²) in [5.41, 5.74) is 2.79. The van der Waals surface area contributed by atoms with E-state index < -0.39 is 23.4 Å². The van der Waals surface area contributed by atoms with Crippen LogP contribution in [0.15, 0.2) is 66.4 Å². The second-order valence-electron chi connectivity index (χ2n) is 7.52. The molecule has 32 heavy (non-hydrogen) atoms. The molecule has 0 saturated heterocycles. The van der Waals surface area contributed by atoms with Crippen LogP contribution < -0.4 is 15.0 Å². The van der Waals surface area contributed by atoms with Crippen LogP contribution in [0.4, 0.5) is 20.2 Å². The molecule has 0 aliphatic carbocycles. The van der Waals surface area contributed by atoms with Crippen LogP contribution in [-0.4, -0.2) is 18.9 Å². The van der Waals surface area contributed by atoms with Gasteiger partial charge in [0.15, 0.2) is 0 Å². The van der Waals surface area contributed by atoms with Crippen LogP contribution in [0, 0.1) is 25.5 Å². The molecule has 162 valence electrons. The van der Waals surface area contributed by atoms with Crippen molar-refractivity contribution >= 4 is 28.8 Å². The van der Waals surface area contributed by atoms with Gasteiger partial charge in [-0.25, -0.2) is 13.7 Å². The minimum Gasteiger partial charge on any atom is -0.497 e. The molecule has 0 saturated carbocycles. The molecule has 0 atom stereocenters. The molecule has 7 heteroatoms. The Morgan fingerprint density at radius 3 is 2.09 bits per heavy atom. The Hall–Kier alpha value is -4.00. The molecule has 0 radical (unpaired) electrons. The highest BCUT2D eigenvalue weighted by Gasteiger charge is 2.41. The van der Waals surface area contributed by atoms with E-state index in [1.54, 1.807) is 24.3 Å². The summed E-state index contributed by atoms with van der Waals surface area (Å²) in [4.78, 5) is 27.4. The van der Waals surface area contributed by atoms with Crippen molar-refractivity contribution in [1.29, 1.82) is 0 Å². The van der Waals surface area contributed by atoms with Crippen molar-refractivity contribution in [1.82, 2.24) is 0 Å². The summed E-state index contributed by atoms with van der Waals surface area (Å²) in [7, 11) is 1.52. The highest BCUT2D eigenvalue weighted by Crippen LogP contribution is 2.35. The van der Waals surface area contributed by atoms with Gasteiger partial charge in [0, 0.05) is 11.8 Å². The Kier molecular flexibility index (Phi) is 5.48. The second kappa shape index (κ2) is 8.26. The lowest BCUT2D eigenvalue weighted by Gasteiger charge is -2.16. The molecule has 0 unspecified atom stereocenters. The van der Waals surface area contributed by atoms with Gasteiger partial charge < -0.3 is 10.1 Å². The zero-order valence-electron chi connectivity index (χ0n) is 17.7. The van der Waals surface area contributed by atoms with E-state index in [0.29, 0.717) is 23.1 Å². The number of nitrogens with one attached hydrogen (secondary N) is 1. The van der Waals surface area contributed by atoms with Gasteiger partial charge in [0.25, 0.3) is 11.8 Å². The number of methoxy groups -OCH3 is 1. The van der Waals surface area contributed by atoms with E-state index in [9.17, 15) is 18.4 Å². The first-order chi connectivity index (χ1) is 15.3. The van der Waals surface area contributed by atoms with Gasteiger partial charge in [-0.2, -0.15) is 0 Å². The van der Waals surface area contributed by atoms with E-state index in [1.807, 2.05) is 32.0 Å². The predicted molar refractivity (Wildman–Crippen MR) is 118 cm³/mol. The molecule has 3 aromatic carbocycles. The number of anilines is 2. The first kappa shape index (κ1) is 21.2. The summed E-state index contributed by atoms with van der Waals surface area (Å²) in [6, 6.07) is 15.0. The van der Waals surface area contributed by atoms with Crippen molar-refractivity contribution in [3.05, 3.63) is 94.7 Å². The normalized spacial score (nSPS) is 13.7. The number of aryl methyl sites for hydroxylation is 2. The molecule has 1 N–H and O–H groups in total. The SMILES string of the molecule is COc1ccc(C2=C(Nc3cc(C)cc(C)c3)C(=O)N(c3ccc(F)cc3F)C2=O)cc1. The van der Waals surface area contributed by atoms with Gasteiger partial charge in [-0.15, -0.1) is 0 Å². The second-order valence-corrected chi connectivity index (χ2v) is 7.52. The summed E-state index contributed by atoms with van der Waals surface area (Å²) >= 11 is 0. The van der Waals surface area contributed by atoms with Crippen LogP contribution in [0.5, 0.6) is 5.75 Å². The molecule has 1 aliphatic rings. The van der Waals surface area contributed by atoms with Gasteiger partial charge in [-0.3, -0.25) is 9.59 Å². The smallest absolute Gasteiger partial charge is 0.282 e. The Bertz CT molecular complexity index is 1250. The Labute approximate surface area is 183 Å². The molecular weight excluding hydrogens is 414 g/mol. The lowest BCUT2D eigenvalue weighted by Crippen LogP contribution is -2.33.